The third-order valence-electron chi connectivity index (χ3n) is 8.16. The Morgan fingerprint density at radius 1 is 0.674 bits per heavy atom. The second-order valence-corrected chi connectivity index (χ2v) is 11.5. The van der Waals surface area contributed by atoms with Crippen molar-refractivity contribution in [2.45, 2.75) is 90.1 Å². The van der Waals surface area contributed by atoms with Gasteiger partial charge in [0.25, 0.3) is 0 Å². The summed E-state index contributed by atoms with van der Waals surface area (Å²) >= 11 is 0. The maximum atomic E-state index is 13.4. The minimum absolute atomic E-state index is 0.0685. The highest BCUT2D eigenvalue weighted by molar-refractivity contribution is 5.75. The summed E-state index contributed by atoms with van der Waals surface area (Å²) in [4.78, 5) is 37.2. The summed E-state index contributed by atoms with van der Waals surface area (Å²) < 4.78 is 53.4. The smallest absolute Gasteiger partial charge is 0.336 e. The number of carbonyl (C=O) groups excluding carboxylic acids is 3. The molecule has 2 aromatic rings. The molecule has 2 aliphatic rings. The summed E-state index contributed by atoms with van der Waals surface area (Å²) in [5, 5.41) is 0. The number of carbonyl (C=O) groups is 3. The van der Waals surface area contributed by atoms with E-state index in [1.807, 2.05) is 74.5 Å². The molecule has 252 valence electrons. The Hall–Kier alpha value is -3.39. The molecule has 2 saturated heterocycles. The number of hydrogen-bond donors (Lipinski definition) is 0. The number of methoxy groups -OCH3 is 2. The fraction of sp³-hybridized carbons (Fsp3) is 0.559. The average Bonchev–Trinajstić information content (AvgIpc) is 3.04. The van der Waals surface area contributed by atoms with Gasteiger partial charge in [0.15, 0.2) is 12.4 Å². The third kappa shape index (κ3) is 9.11. The van der Waals surface area contributed by atoms with Gasteiger partial charge in [0.05, 0.1) is 18.8 Å². The van der Waals surface area contributed by atoms with Crippen LogP contribution >= 0.6 is 0 Å². The first-order valence-electron chi connectivity index (χ1n) is 15.3. The highest BCUT2D eigenvalue weighted by atomic mass is 16.8. The van der Waals surface area contributed by atoms with E-state index in [1.165, 1.54) is 28.1 Å². The van der Waals surface area contributed by atoms with E-state index in [0.29, 0.717) is 0 Å². The zero-order valence-corrected chi connectivity index (χ0v) is 27.1. The van der Waals surface area contributed by atoms with Crippen LogP contribution in [-0.2, 0) is 70.2 Å². The van der Waals surface area contributed by atoms with Crippen molar-refractivity contribution in [3.05, 3.63) is 71.8 Å². The lowest BCUT2D eigenvalue weighted by atomic mass is 9.88. The molecule has 0 aromatic heterocycles. The van der Waals surface area contributed by atoms with Crippen LogP contribution in [0.2, 0.25) is 0 Å². The minimum atomic E-state index is -1.13. The molecule has 0 saturated carbocycles. The summed E-state index contributed by atoms with van der Waals surface area (Å²) in [6, 6.07) is 18.8. The van der Waals surface area contributed by atoms with Gasteiger partial charge in [-0.25, -0.2) is 4.79 Å². The summed E-state index contributed by atoms with van der Waals surface area (Å²) in [6.07, 6.45) is -7.16. The second kappa shape index (κ2) is 17.0. The monoisotopic (exact) mass is 644 g/mol. The SMILES string of the molecule is COC1[C@H](O[C@H]2C(C)C(OCc3ccccc3)C(OC(C)=O)O[C@H]2COC(C)=O)OC(C(=O)OCc2ccccc2)[C@@H](C)[C@H]1OC. The molecule has 0 aliphatic carbocycles. The third-order valence-corrected chi connectivity index (χ3v) is 8.16. The molecule has 2 aromatic carbocycles. The van der Waals surface area contributed by atoms with E-state index in [2.05, 4.69) is 0 Å². The van der Waals surface area contributed by atoms with Crippen molar-refractivity contribution in [2.24, 2.45) is 11.8 Å². The van der Waals surface area contributed by atoms with E-state index in [0.717, 1.165) is 11.1 Å². The van der Waals surface area contributed by atoms with E-state index in [4.69, 9.17) is 42.6 Å². The van der Waals surface area contributed by atoms with Crippen LogP contribution in [0.3, 0.4) is 0 Å². The summed E-state index contributed by atoms with van der Waals surface area (Å²) in [7, 11) is 3.02. The van der Waals surface area contributed by atoms with Crippen molar-refractivity contribution in [1.29, 1.82) is 0 Å². The topological polar surface area (TPSA) is 134 Å². The van der Waals surface area contributed by atoms with Crippen molar-refractivity contribution in [1.82, 2.24) is 0 Å². The van der Waals surface area contributed by atoms with Gasteiger partial charge in [0.2, 0.25) is 6.29 Å². The summed E-state index contributed by atoms with van der Waals surface area (Å²) in [6.45, 7) is 6.29. The lowest BCUT2D eigenvalue weighted by Gasteiger charge is -2.48. The number of benzene rings is 2. The zero-order valence-electron chi connectivity index (χ0n) is 27.1. The normalized spacial score (nSPS) is 31.1. The molecule has 12 nitrogen and oxygen atoms in total. The van der Waals surface area contributed by atoms with Gasteiger partial charge < -0.3 is 42.6 Å². The zero-order chi connectivity index (χ0) is 33.2. The number of ether oxygens (including phenoxy) is 9. The molecule has 0 N–H and O–H groups in total. The van der Waals surface area contributed by atoms with E-state index in [9.17, 15) is 14.4 Å². The van der Waals surface area contributed by atoms with Gasteiger partial charge in [-0.2, -0.15) is 0 Å². The number of hydrogen-bond acceptors (Lipinski definition) is 12. The van der Waals surface area contributed by atoms with Gasteiger partial charge in [-0.3, -0.25) is 9.59 Å². The van der Waals surface area contributed by atoms with Crippen LogP contribution in [-0.4, -0.2) is 87.9 Å². The molecular weight excluding hydrogens is 600 g/mol. The van der Waals surface area contributed by atoms with Gasteiger partial charge in [-0.05, 0) is 11.1 Å². The lowest BCUT2D eigenvalue weighted by molar-refractivity contribution is -0.347. The van der Waals surface area contributed by atoms with E-state index >= 15 is 0 Å². The molecule has 5 unspecified atom stereocenters. The maximum absolute atomic E-state index is 13.4. The second-order valence-electron chi connectivity index (χ2n) is 11.5. The van der Waals surface area contributed by atoms with Gasteiger partial charge in [0, 0.05) is 39.9 Å². The van der Waals surface area contributed by atoms with Gasteiger partial charge in [-0.15, -0.1) is 0 Å². The highest BCUT2D eigenvalue weighted by Gasteiger charge is 2.53. The molecule has 0 spiro atoms. The van der Waals surface area contributed by atoms with Gasteiger partial charge in [-0.1, -0.05) is 74.5 Å². The molecule has 10 atom stereocenters. The van der Waals surface area contributed by atoms with E-state index < -0.39 is 78.9 Å². The standard InChI is InChI=1S/C34H44O12/c1-20-27(26(19-40-22(3)35)44-33(43-23(4)36)30(20)41-17-24-13-9-7-10-14-24)45-34-31(39-6)28(38-5)21(2)29(46-34)32(37)42-18-25-15-11-8-12-16-25/h7-16,20-21,26-31,33-34H,17-19H2,1-6H3/t20?,21-,26-,27-,28+,29?,30?,31?,33?,34+/m0/s1. The minimum Gasteiger partial charge on any atom is -0.463 e. The van der Waals surface area contributed by atoms with Crippen LogP contribution in [0.25, 0.3) is 0 Å². The summed E-state index contributed by atoms with van der Waals surface area (Å²) in [5.41, 5.74) is 1.73. The molecule has 2 heterocycles. The quantitative estimate of drug-likeness (QED) is 0.233. The van der Waals surface area contributed by atoms with Gasteiger partial charge >= 0.3 is 17.9 Å². The number of rotatable bonds is 13. The van der Waals surface area contributed by atoms with E-state index in [-0.39, 0.29) is 19.8 Å². The highest BCUT2D eigenvalue weighted by Crippen LogP contribution is 2.37. The fourth-order valence-corrected chi connectivity index (χ4v) is 5.81. The predicted molar refractivity (Wildman–Crippen MR) is 162 cm³/mol. The Bertz CT molecular complexity index is 1260. The predicted octanol–water partition coefficient (Wildman–Crippen LogP) is 3.58. The Morgan fingerprint density at radius 2 is 1.28 bits per heavy atom. The molecular formula is C34H44O12. The van der Waals surface area contributed by atoms with Crippen LogP contribution in [0.15, 0.2) is 60.7 Å². The molecule has 2 aliphatic heterocycles. The van der Waals surface area contributed by atoms with Crippen molar-refractivity contribution >= 4 is 17.9 Å². The Balaban J connectivity index is 1.59. The molecule has 0 bridgehead atoms. The average molecular weight is 645 g/mol. The van der Waals surface area contributed by atoms with Gasteiger partial charge in [0.1, 0.15) is 31.5 Å². The molecule has 46 heavy (non-hydrogen) atoms. The van der Waals surface area contributed by atoms with Crippen molar-refractivity contribution in [3.8, 4) is 0 Å². The van der Waals surface area contributed by atoms with Crippen LogP contribution in [0.1, 0.15) is 38.8 Å². The van der Waals surface area contributed by atoms with Crippen LogP contribution in [0.4, 0.5) is 0 Å². The first kappa shape index (κ1) is 35.5. The molecule has 2 fully saturated rings. The fourth-order valence-electron chi connectivity index (χ4n) is 5.81. The van der Waals surface area contributed by atoms with E-state index in [1.54, 1.807) is 0 Å². The van der Waals surface area contributed by atoms with Crippen LogP contribution in [0.5, 0.6) is 0 Å². The van der Waals surface area contributed by atoms with Crippen molar-refractivity contribution in [2.75, 3.05) is 20.8 Å². The largest absolute Gasteiger partial charge is 0.463 e. The summed E-state index contributed by atoms with van der Waals surface area (Å²) in [5.74, 6) is -2.62. The first-order chi connectivity index (χ1) is 22.1. The first-order valence-corrected chi connectivity index (χ1v) is 15.3. The Labute approximate surface area is 269 Å². The molecule has 4 rings (SSSR count). The number of esters is 3. The molecule has 0 radical (unpaired) electrons. The maximum Gasteiger partial charge on any atom is 0.336 e. The molecule has 0 amide bonds. The Kier molecular flexibility index (Phi) is 13.1. The molecule has 12 heteroatoms. The van der Waals surface area contributed by atoms with Crippen molar-refractivity contribution < 1.29 is 57.0 Å². The van der Waals surface area contributed by atoms with Crippen LogP contribution in [0, 0.1) is 11.8 Å². The van der Waals surface area contributed by atoms with Crippen molar-refractivity contribution in [3.63, 3.8) is 0 Å². The van der Waals surface area contributed by atoms with Crippen LogP contribution < -0.4 is 0 Å². The lowest BCUT2D eigenvalue weighted by Crippen LogP contribution is -2.62. The Morgan fingerprint density at radius 3 is 1.85 bits per heavy atom.